The number of hydrogen-bond acceptors (Lipinski definition) is 6. The average Bonchev–Trinajstić information content (AvgIpc) is 2.46. The Bertz CT molecular complexity index is 593. The molecule has 1 aromatic carbocycles. The number of hydrogen-bond donors (Lipinski definition) is 2. The van der Waals surface area contributed by atoms with Gasteiger partial charge in [-0.25, -0.2) is 15.8 Å². The second kappa shape index (κ2) is 5.40. The summed E-state index contributed by atoms with van der Waals surface area (Å²) in [4.78, 5) is 19.0. The van der Waals surface area contributed by atoms with Crippen molar-refractivity contribution in [2.75, 3.05) is 5.43 Å². The van der Waals surface area contributed by atoms with E-state index < -0.39 is 4.92 Å². The van der Waals surface area contributed by atoms with Gasteiger partial charge in [0.05, 0.1) is 10.5 Å². The Morgan fingerprint density at radius 3 is 2.74 bits per heavy atom. The summed E-state index contributed by atoms with van der Waals surface area (Å²) in [5.74, 6) is 6.07. The maximum absolute atomic E-state index is 11.0. The van der Waals surface area contributed by atoms with Gasteiger partial charge in [0.15, 0.2) is 5.82 Å². The quantitative estimate of drug-likeness (QED) is 0.493. The van der Waals surface area contributed by atoms with Crippen LogP contribution in [-0.4, -0.2) is 14.9 Å². The van der Waals surface area contributed by atoms with Crippen LogP contribution in [0.1, 0.15) is 12.6 Å². The first kappa shape index (κ1) is 12.9. The molecule has 0 bridgehead atoms. The number of aryl methyl sites for hydroxylation is 1. The smallest absolute Gasteiger partial charge is 0.280 e. The molecule has 0 atom stereocenters. The SMILES string of the molecule is CCc1cc(NN)nc(-c2ccccc2[N+](=O)[O-])n1. The highest BCUT2D eigenvalue weighted by atomic mass is 16.6. The van der Waals surface area contributed by atoms with Crippen molar-refractivity contribution in [1.29, 1.82) is 0 Å². The molecule has 2 rings (SSSR count). The number of nitro benzene ring substituents is 1. The number of nitrogens with two attached hydrogens (primary N) is 1. The number of hydrazine groups is 1. The van der Waals surface area contributed by atoms with Crippen LogP contribution in [0.4, 0.5) is 11.5 Å². The molecule has 3 N–H and O–H groups in total. The third-order valence-corrected chi connectivity index (χ3v) is 2.63. The van der Waals surface area contributed by atoms with Crippen LogP contribution in [0.2, 0.25) is 0 Å². The molecule has 1 heterocycles. The maximum atomic E-state index is 11.0. The molecule has 0 aliphatic heterocycles. The summed E-state index contributed by atoms with van der Waals surface area (Å²) >= 11 is 0. The molecule has 0 radical (unpaired) electrons. The van der Waals surface area contributed by atoms with Crippen molar-refractivity contribution in [1.82, 2.24) is 9.97 Å². The molecule has 0 amide bonds. The second-order valence-corrected chi connectivity index (χ2v) is 3.84. The van der Waals surface area contributed by atoms with E-state index in [0.717, 1.165) is 5.69 Å². The highest BCUT2D eigenvalue weighted by Gasteiger charge is 2.17. The first-order valence-corrected chi connectivity index (χ1v) is 5.74. The zero-order valence-electron chi connectivity index (χ0n) is 10.3. The summed E-state index contributed by atoms with van der Waals surface area (Å²) in [5.41, 5.74) is 3.55. The zero-order valence-corrected chi connectivity index (χ0v) is 10.3. The number of nitrogen functional groups attached to an aromatic ring is 1. The number of rotatable bonds is 4. The minimum atomic E-state index is -0.452. The fourth-order valence-corrected chi connectivity index (χ4v) is 1.69. The molecule has 0 aliphatic rings. The van der Waals surface area contributed by atoms with Gasteiger partial charge < -0.3 is 5.43 Å². The van der Waals surface area contributed by atoms with Crippen LogP contribution in [0.25, 0.3) is 11.4 Å². The molecule has 0 unspecified atom stereocenters. The zero-order chi connectivity index (χ0) is 13.8. The molecule has 2 aromatic rings. The fourth-order valence-electron chi connectivity index (χ4n) is 1.69. The minimum Gasteiger partial charge on any atom is -0.308 e. The largest absolute Gasteiger partial charge is 0.308 e. The Morgan fingerprint density at radius 1 is 1.37 bits per heavy atom. The third-order valence-electron chi connectivity index (χ3n) is 2.63. The standard InChI is InChI=1S/C12H13N5O2/c1-2-8-7-11(16-13)15-12(14-8)9-5-3-4-6-10(9)17(18)19/h3-7H,2,13H2,1H3,(H,14,15,16). The summed E-state index contributed by atoms with van der Waals surface area (Å²) in [7, 11) is 0. The lowest BCUT2D eigenvalue weighted by atomic mass is 10.1. The lowest BCUT2D eigenvalue weighted by molar-refractivity contribution is -0.384. The lowest BCUT2D eigenvalue weighted by Crippen LogP contribution is -2.10. The van der Waals surface area contributed by atoms with E-state index in [0.29, 0.717) is 23.6 Å². The number of aromatic nitrogens is 2. The Labute approximate surface area is 109 Å². The molecule has 1 aromatic heterocycles. The Hall–Kier alpha value is -2.54. The predicted octanol–water partition coefficient (Wildman–Crippen LogP) is 1.90. The van der Waals surface area contributed by atoms with Crippen LogP contribution in [-0.2, 0) is 6.42 Å². The predicted molar refractivity (Wildman–Crippen MR) is 71.3 cm³/mol. The molecule has 0 spiro atoms. The molecule has 98 valence electrons. The number of benzene rings is 1. The number of nitrogens with one attached hydrogen (secondary N) is 1. The van der Waals surface area contributed by atoms with Gasteiger partial charge >= 0.3 is 0 Å². The highest BCUT2D eigenvalue weighted by Crippen LogP contribution is 2.27. The topological polar surface area (TPSA) is 107 Å². The molecule has 19 heavy (non-hydrogen) atoms. The molecular weight excluding hydrogens is 246 g/mol. The van der Waals surface area contributed by atoms with Crippen LogP contribution in [0.15, 0.2) is 30.3 Å². The average molecular weight is 259 g/mol. The van der Waals surface area contributed by atoms with Crippen molar-refractivity contribution in [3.8, 4) is 11.4 Å². The van der Waals surface area contributed by atoms with Gasteiger partial charge in [-0.15, -0.1) is 0 Å². The van der Waals surface area contributed by atoms with Crippen molar-refractivity contribution < 1.29 is 4.92 Å². The molecule has 0 saturated carbocycles. The van der Waals surface area contributed by atoms with E-state index in [1.165, 1.54) is 6.07 Å². The summed E-state index contributed by atoms with van der Waals surface area (Å²) < 4.78 is 0. The molecule has 0 aliphatic carbocycles. The summed E-state index contributed by atoms with van der Waals surface area (Å²) in [6, 6.07) is 8.06. The van der Waals surface area contributed by atoms with Crippen molar-refractivity contribution in [3.63, 3.8) is 0 Å². The van der Waals surface area contributed by atoms with E-state index in [4.69, 9.17) is 5.84 Å². The van der Waals surface area contributed by atoms with E-state index in [1.807, 2.05) is 6.92 Å². The number of nitrogens with zero attached hydrogens (tertiary/aromatic N) is 3. The summed E-state index contributed by atoms with van der Waals surface area (Å²) in [6.45, 7) is 1.94. The van der Waals surface area contributed by atoms with E-state index >= 15 is 0 Å². The molecular formula is C12H13N5O2. The van der Waals surface area contributed by atoms with E-state index in [9.17, 15) is 10.1 Å². The monoisotopic (exact) mass is 259 g/mol. The van der Waals surface area contributed by atoms with Crippen molar-refractivity contribution in [2.45, 2.75) is 13.3 Å². The maximum Gasteiger partial charge on any atom is 0.280 e. The number of nitro groups is 1. The van der Waals surface area contributed by atoms with Crippen molar-refractivity contribution in [2.24, 2.45) is 5.84 Å². The lowest BCUT2D eigenvalue weighted by Gasteiger charge is -2.06. The summed E-state index contributed by atoms with van der Waals surface area (Å²) in [5, 5.41) is 11.0. The molecule has 0 fully saturated rings. The minimum absolute atomic E-state index is 0.0290. The normalized spacial score (nSPS) is 10.2. The van der Waals surface area contributed by atoms with Crippen LogP contribution < -0.4 is 11.3 Å². The van der Waals surface area contributed by atoms with Crippen LogP contribution in [0, 0.1) is 10.1 Å². The van der Waals surface area contributed by atoms with Gasteiger partial charge in [-0.1, -0.05) is 19.1 Å². The number of anilines is 1. The second-order valence-electron chi connectivity index (χ2n) is 3.84. The summed E-state index contributed by atoms with van der Waals surface area (Å²) in [6.07, 6.45) is 0.685. The van der Waals surface area contributed by atoms with Gasteiger partial charge in [0.2, 0.25) is 0 Å². The third kappa shape index (κ3) is 2.66. The van der Waals surface area contributed by atoms with Crippen LogP contribution in [0.5, 0.6) is 0 Å². The highest BCUT2D eigenvalue weighted by molar-refractivity contribution is 5.68. The van der Waals surface area contributed by atoms with Crippen molar-refractivity contribution >= 4 is 11.5 Å². The van der Waals surface area contributed by atoms with Crippen molar-refractivity contribution in [3.05, 3.63) is 46.1 Å². The van der Waals surface area contributed by atoms with Gasteiger partial charge in [-0.2, -0.15) is 0 Å². The Kier molecular flexibility index (Phi) is 3.67. The van der Waals surface area contributed by atoms with Gasteiger partial charge in [0.25, 0.3) is 5.69 Å². The van der Waals surface area contributed by atoms with E-state index in [2.05, 4.69) is 15.4 Å². The van der Waals surface area contributed by atoms with Gasteiger partial charge in [0, 0.05) is 17.8 Å². The molecule has 7 heteroatoms. The van der Waals surface area contributed by atoms with Gasteiger partial charge in [-0.3, -0.25) is 10.1 Å². The Balaban J connectivity index is 2.61. The molecule has 0 saturated heterocycles. The fraction of sp³-hybridized carbons (Fsp3) is 0.167. The number of para-hydroxylation sites is 1. The van der Waals surface area contributed by atoms with E-state index in [1.54, 1.807) is 24.3 Å². The van der Waals surface area contributed by atoms with Gasteiger partial charge in [-0.05, 0) is 12.5 Å². The molecule has 7 nitrogen and oxygen atoms in total. The Morgan fingerprint density at radius 2 is 2.11 bits per heavy atom. The first-order valence-electron chi connectivity index (χ1n) is 5.74. The first-order chi connectivity index (χ1) is 9.15. The van der Waals surface area contributed by atoms with Gasteiger partial charge in [0.1, 0.15) is 5.82 Å². The van der Waals surface area contributed by atoms with E-state index in [-0.39, 0.29) is 5.69 Å². The van der Waals surface area contributed by atoms with Crippen LogP contribution >= 0.6 is 0 Å². The van der Waals surface area contributed by atoms with Crippen LogP contribution in [0.3, 0.4) is 0 Å².